The molecule has 0 bridgehead atoms. The minimum Gasteiger partial charge on any atom is -0.455 e. The summed E-state index contributed by atoms with van der Waals surface area (Å²) in [5.74, 6) is 0. The zero-order valence-corrected chi connectivity index (χ0v) is 12.4. The number of amidine groups is 1. The number of hydrogen-bond donors (Lipinski definition) is 1. The first-order valence-electron chi connectivity index (χ1n) is 6.03. The fourth-order valence-electron chi connectivity index (χ4n) is 2.73. The predicted octanol–water partition coefficient (Wildman–Crippen LogP) is 3.78. The lowest BCUT2D eigenvalue weighted by molar-refractivity contribution is 0.167. The second-order valence-corrected chi connectivity index (χ2v) is 5.09. The molecule has 2 fully saturated rings. The van der Waals surface area contributed by atoms with Crippen molar-refractivity contribution in [3.05, 3.63) is 34.9 Å². The van der Waals surface area contributed by atoms with Gasteiger partial charge >= 0.3 is 0 Å². The quantitative estimate of drug-likeness (QED) is 0.850. The Bertz CT molecular complexity index is 437. The van der Waals surface area contributed by atoms with Crippen LogP contribution in [0.4, 0.5) is 0 Å². The van der Waals surface area contributed by atoms with Gasteiger partial charge in [-0.15, -0.1) is 17.0 Å². The number of ether oxygens (including phenoxy) is 1. The second kappa shape index (κ2) is 5.49. The lowest BCUT2D eigenvalue weighted by Crippen LogP contribution is -2.38. The predicted molar refractivity (Wildman–Crippen MR) is 77.7 cm³/mol. The van der Waals surface area contributed by atoms with Crippen LogP contribution in [-0.2, 0) is 4.74 Å². The van der Waals surface area contributed by atoms with Crippen molar-refractivity contribution in [2.45, 2.75) is 31.4 Å². The molecule has 1 aromatic carbocycles. The monoisotopic (exact) mass is 330 g/mol. The van der Waals surface area contributed by atoms with Gasteiger partial charge in [0.05, 0.1) is 6.04 Å². The fourth-order valence-corrected chi connectivity index (χ4v) is 2.86. The molecule has 2 atom stereocenters. The Labute approximate surface area is 122 Å². The minimum atomic E-state index is 0. The van der Waals surface area contributed by atoms with Crippen molar-refractivity contribution in [3.63, 3.8) is 0 Å². The Balaban J connectivity index is 0.00000120. The first kappa shape index (κ1) is 13.7. The topological polar surface area (TPSA) is 36.3 Å². The van der Waals surface area contributed by atoms with E-state index >= 15 is 0 Å². The van der Waals surface area contributed by atoms with Crippen LogP contribution in [-0.4, -0.2) is 23.5 Å². The van der Waals surface area contributed by atoms with Gasteiger partial charge in [0.15, 0.2) is 0 Å². The van der Waals surface area contributed by atoms with Crippen molar-refractivity contribution >= 4 is 34.6 Å². The standard InChI is InChI=1S/C13H15ClN2O.BrH/c14-10-6-4-9(5-7-10)12-11-3-1-2-8-16(11)13(15)17-12;/h4-7,11-12,15H,1-3,8H2;1H/t11-,12+;/m0./s1. The van der Waals surface area contributed by atoms with Gasteiger partial charge in [0.2, 0.25) is 0 Å². The fraction of sp³-hybridized carbons (Fsp3) is 0.462. The molecule has 2 saturated heterocycles. The molecule has 98 valence electrons. The van der Waals surface area contributed by atoms with Crippen LogP contribution >= 0.6 is 28.6 Å². The van der Waals surface area contributed by atoms with Gasteiger partial charge in [0, 0.05) is 11.6 Å². The minimum absolute atomic E-state index is 0. The van der Waals surface area contributed by atoms with E-state index in [0.717, 1.165) is 30.0 Å². The van der Waals surface area contributed by atoms with Crippen LogP contribution in [0, 0.1) is 5.41 Å². The zero-order valence-electron chi connectivity index (χ0n) is 9.93. The third-order valence-electron chi connectivity index (χ3n) is 3.60. The number of benzene rings is 1. The van der Waals surface area contributed by atoms with Crippen LogP contribution in [0.5, 0.6) is 0 Å². The maximum Gasteiger partial charge on any atom is 0.285 e. The lowest BCUT2D eigenvalue weighted by Gasteiger charge is -2.29. The lowest BCUT2D eigenvalue weighted by atomic mass is 9.94. The molecular formula is C13H16BrClN2O. The van der Waals surface area contributed by atoms with E-state index in [4.69, 9.17) is 21.7 Å². The van der Waals surface area contributed by atoms with Gasteiger partial charge in [-0.3, -0.25) is 5.41 Å². The average molecular weight is 332 g/mol. The smallest absolute Gasteiger partial charge is 0.285 e. The summed E-state index contributed by atoms with van der Waals surface area (Å²) in [7, 11) is 0. The largest absolute Gasteiger partial charge is 0.455 e. The number of hydrogen-bond acceptors (Lipinski definition) is 2. The SMILES string of the molecule is Br.N=C1O[C@H](c2ccc(Cl)cc2)[C@@H]2CCCCN12. The first-order chi connectivity index (χ1) is 8.25. The van der Waals surface area contributed by atoms with Gasteiger partial charge in [0.25, 0.3) is 6.02 Å². The van der Waals surface area contributed by atoms with Crippen molar-refractivity contribution in [3.8, 4) is 0 Å². The summed E-state index contributed by atoms with van der Waals surface area (Å²) < 4.78 is 5.70. The Morgan fingerprint density at radius 2 is 1.94 bits per heavy atom. The maximum absolute atomic E-state index is 7.87. The van der Waals surface area contributed by atoms with Gasteiger partial charge in [-0.25, -0.2) is 0 Å². The molecule has 0 unspecified atom stereocenters. The number of fused-ring (bicyclic) bond motifs is 1. The van der Waals surface area contributed by atoms with E-state index in [1.165, 1.54) is 6.42 Å². The second-order valence-electron chi connectivity index (χ2n) is 4.65. The molecule has 0 amide bonds. The maximum atomic E-state index is 7.87. The summed E-state index contributed by atoms with van der Waals surface area (Å²) >= 11 is 5.89. The average Bonchev–Trinajstić information content (AvgIpc) is 2.69. The summed E-state index contributed by atoms with van der Waals surface area (Å²) in [6.07, 6.45) is 3.49. The van der Waals surface area contributed by atoms with Crippen LogP contribution < -0.4 is 0 Å². The summed E-state index contributed by atoms with van der Waals surface area (Å²) in [5, 5.41) is 8.61. The summed E-state index contributed by atoms with van der Waals surface area (Å²) in [4.78, 5) is 2.09. The normalized spacial score (nSPS) is 26.3. The Morgan fingerprint density at radius 1 is 1.22 bits per heavy atom. The van der Waals surface area contributed by atoms with E-state index in [-0.39, 0.29) is 23.1 Å². The number of nitrogens with zero attached hydrogens (tertiary/aromatic N) is 1. The third kappa shape index (κ3) is 2.36. The molecule has 1 aromatic rings. The Morgan fingerprint density at radius 3 is 2.67 bits per heavy atom. The molecule has 3 rings (SSSR count). The number of piperidine rings is 1. The first-order valence-corrected chi connectivity index (χ1v) is 6.41. The molecule has 18 heavy (non-hydrogen) atoms. The summed E-state index contributed by atoms with van der Waals surface area (Å²) in [6.45, 7) is 0.952. The molecule has 5 heteroatoms. The molecule has 0 radical (unpaired) electrons. The number of rotatable bonds is 1. The highest BCUT2D eigenvalue weighted by atomic mass is 79.9. The van der Waals surface area contributed by atoms with Gasteiger partial charge < -0.3 is 9.64 Å². The molecule has 0 aromatic heterocycles. The Hall–Kier alpha value is -0.740. The van der Waals surface area contributed by atoms with Crippen molar-refractivity contribution in [1.29, 1.82) is 5.41 Å². The van der Waals surface area contributed by atoms with Gasteiger partial charge in [-0.2, -0.15) is 0 Å². The zero-order chi connectivity index (χ0) is 11.8. The van der Waals surface area contributed by atoms with Crippen LogP contribution in [0.1, 0.15) is 30.9 Å². The highest BCUT2D eigenvalue weighted by Crippen LogP contribution is 2.37. The van der Waals surface area contributed by atoms with Crippen molar-refractivity contribution in [2.24, 2.45) is 0 Å². The highest BCUT2D eigenvalue weighted by Gasteiger charge is 2.41. The van der Waals surface area contributed by atoms with Gasteiger partial charge in [-0.05, 0) is 37.0 Å². The molecule has 2 aliphatic heterocycles. The third-order valence-corrected chi connectivity index (χ3v) is 3.85. The van der Waals surface area contributed by atoms with Crippen molar-refractivity contribution < 1.29 is 4.74 Å². The molecular weight excluding hydrogens is 316 g/mol. The van der Waals surface area contributed by atoms with E-state index in [0.29, 0.717) is 12.1 Å². The van der Waals surface area contributed by atoms with Crippen molar-refractivity contribution in [1.82, 2.24) is 4.90 Å². The molecule has 3 nitrogen and oxygen atoms in total. The van der Waals surface area contributed by atoms with E-state index < -0.39 is 0 Å². The highest BCUT2D eigenvalue weighted by molar-refractivity contribution is 8.93. The van der Waals surface area contributed by atoms with Gasteiger partial charge in [0.1, 0.15) is 6.10 Å². The van der Waals surface area contributed by atoms with E-state index in [2.05, 4.69) is 4.90 Å². The van der Waals surface area contributed by atoms with E-state index in [9.17, 15) is 0 Å². The van der Waals surface area contributed by atoms with Crippen LogP contribution in [0.3, 0.4) is 0 Å². The van der Waals surface area contributed by atoms with E-state index in [1.54, 1.807) is 0 Å². The molecule has 1 N–H and O–H groups in total. The van der Waals surface area contributed by atoms with Crippen molar-refractivity contribution in [2.75, 3.05) is 6.54 Å². The summed E-state index contributed by atoms with van der Waals surface area (Å²) in [6, 6.07) is 8.42. The molecule has 0 saturated carbocycles. The number of nitrogens with one attached hydrogen (secondary N) is 1. The molecule has 0 aliphatic carbocycles. The van der Waals surface area contributed by atoms with Crippen LogP contribution in [0.15, 0.2) is 24.3 Å². The summed E-state index contributed by atoms with van der Waals surface area (Å²) in [5.41, 5.74) is 1.12. The molecule has 2 aliphatic rings. The van der Waals surface area contributed by atoms with Gasteiger partial charge in [-0.1, -0.05) is 23.7 Å². The molecule has 2 heterocycles. The van der Waals surface area contributed by atoms with E-state index in [1.807, 2.05) is 24.3 Å². The van der Waals surface area contributed by atoms with Crippen LogP contribution in [0.2, 0.25) is 5.02 Å². The Kier molecular flexibility index (Phi) is 4.17. The molecule has 0 spiro atoms. The van der Waals surface area contributed by atoms with Crippen LogP contribution in [0.25, 0.3) is 0 Å². The number of halogens is 2.